The van der Waals surface area contributed by atoms with Gasteiger partial charge in [0.15, 0.2) is 5.82 Å². The highest BCUT2D eigenvalue weighted by molar-refractivity contribution is 7.09. The van der Waals surface area contributed by atoms with E-state index in [0.717, 1.165) is 27.9 Å². The molecule has 0 saturated heterocycles. The Morgan fingerprint density at radius 2 is 1.67 bits per heavy atom. The zero-order valence-corrected chi connectivity index (χ0v) is 12.2. The zero-order valence-electron chi connectivity index (χ0n) is 11.4. The van der Waals surface area contributed by atoms with Crippen molar-refractivity contribution in [2.45, 2.75) is 40.2 Å². The predicted octanol–water partition coefficient (Wildman–Crippen LogP) is 3.43. The Labute approximate surface area is 112 Å². The summed E-state index contributed by atoms with van der Waals surface area (Å²) >= 11 is 1.39. The highest BCUT2D eigenvalue weighted by atomic mass is 32.1. The molecule has 2 aromatic heterocycles. The molecule has 0 aliphatic heterocycles. The quantitative estimate of drug-likeness (QED) is 0.901. The van der Waals surface area contributed by atoms with Crippen molar-refractivity contribution in [3.63, 3.8) is 0 Å². The first-order valence-electron chi connectivity index (χ1n) is 5.91. The third-order valence-electron chi connectivity index (χ3n) is 2.25. The third kappa shape index (κ3) is 3.26. The fourth-order valence-electron chi connectivity index (χ4n) is 1.68. The van der Waals surface area contributed by atoms with Crippen LogP contribution in [0, 0.1) is 13.8 Å². The summed E-state index contributed by atoms with van der Waals surface area (Å²) in [6.07, 6.45) is 0. The Kier molecular flexibility index (Phi) is 3.34. The lowest BCUT2D eigenvalue weighted by Gasteiger charge is -2.18. The SMILES string of the molecule is Cc1cc(-c2nsc(NC(C)(C)C)n2)cc(C)n1. The van der Waals surface area contributed by atoms with Crippen molar-refractivity contribution >= 4 is 16.7 Å². The number of aromatic nitrogens is 3. The summed E-state index contributed by atoms with van der Waals surface area (Å²) in [5.74, 6) is 0.764. The van der Waals surface area contributed by atoms with Crippen LogP contribution in [0.1, 0.15) is 32.2 Å². The van der Waals surface area contributed by atoms with Gasteiger partial charge in [-0.3, -0.25) is 4.98 Å². The van der Waals surface area contributed by atoms with E-state index < -0.39 is 0 Å². The minimum absolute atomic E-state index is 0.000873. The van der Waals surface area contributed by atoms with Gasteiger partial charge in [0.25, 0.3) is 0 Å². The Hall–Kier alpha value is -1.49. The van der Waals surface area contributed by atoms with Gasteiger partial charge in [0.1, 0.15) is 0 Å². The normalized spacial score (nSPS) is 11.6. The molecule has 0 atom stereocenters. The second kappa shape index (κ2) is 4.65. The van der Waals surface area contributed by atoms with Crippen molar-refractivity contribution in [2.24, 2.45) is 0 Å². The first-order chi connectivity index (χ1) is 8.33. The van der Waals surface area contributed by atoms with E-state index >= 15 is 0 Å². The molecule has 0 radical (unpaired) electrons. The average Bonchev–Trinajstić information content (AvgIpc) is 2.61. The van der Waals surface area contributed by atoms with Gasteiger partial charge < -0.3 is 5.32 Å². The molecule has 0 aliphatic rings. The molecule has 0 aliphatic carbocycles. The molecule has 5 heteroatoms. The molecule has 0 bridgehead atoms. The van der Waals surface area contributed by atoms with Crippen molar-refractivity contribution in [1.29, 1.82) is 0 Å². The first kappa shape index (κ1) is 13.0. The number of rotatable bonds is 2. The van der Waals surface area contributed by atoms with E-state index in [1.54, 1.807) is 0 Å². The molecule has 2 rings (SSSR count). The van der Waals surface area contributed by atoms with Crippen LogP contribution in [0.4, 0.5) is 5.13 Å². The fourth-order valence-corrected chi connectivity index (χ4v) is 2.47. The van der Waals surface area contributed by atoms with Gasteiger partial charge in [0, 0.05) is 34.0 Å². The van der Waals surface area contributed by atoms with Gasteiger partial charge in [0.05, 0.1) is 0 Å². The van der Waals surface area contributed by atoms with Crippen LogP contribution in [0.3, 0.4) is 0 Å². The number of aryl methyl sites for hydroxylation is 2. The highest BCUT2D eigenvalue weighted by Crippen LogP contribution is 2.24. The van der Waals surface area contributed by atoms with E-state index in [1.165, 1.54) is 11.5 Å². The summed E-state index contributed by atoms with van der Waals surface area (Å²) in [7, 11) is 0. The number of hydrogen-bond acceptors (Lipinski definition) is 5. The lowest BCUT2D eigenvalue weighted by molar-refractivity contribution is 0.633. The van der Waals surface area contributed by atoms with Gasteiger partial charge in [-0.05, 0) is 46.8 Å². The van der Waals surface area contributed by atoms with Crippen LogP contribution in [0.2, 0.25) is 0 Å². The van der Waals surface area contributed by atoms with E-state index in [1.807, 2.05) is 26.0 Å². The summed E-state index contributed by atoms with van der Waals surface area (Å²) in [5.41, 5.74) is 3.01. The Bertz CT molecular complexity index is 534. The molecule has 18 heavy (non-hydrogen) atoms. The molecular weight excluding hydrogens is 244 g/mol. The first-order valence-corrected chi connectivity index (χ1v) is 6.68. The second-order valence-corrected chi connectivity index (χ2v) is 6.19. The summed E-state index contributed by atoms with van der Waals surface area (Å²) in [6.45, 7) is 10.3. The van der Waals surface area contributed by atoms with E-state index in [2.05, 4.69) is 40.4 Å². The summed E-state index contributed by atoms with van der Waals surface area (Å²) in [4.78, 5) is 8.87. The van der Waals surface area contributed by atoms with Crippen LogP contribution in [0.25, 0.3) is 11.4 Å². The number of anilines is 1. The Balaban J connectivity index is 2.29. The van der Waals surface area contributed by atoms with Gasteiger partial charge in [-0.2, -0.15) is 9.36 Å². The van der Waals surface area contributed by atoms with Crippen LogP contribution in [-0.2, 0) is 0 Å². The summed E-state index contributed by atoms with van der Waals surface area (Å²) < 4.78 is 4.39. The molecule has 2 heterocycles. The molecule has 0 aromatic carbocycles. The second-order valence-electron chi connectivity index (χ2n) is 5.44. The monoisotopic (exact) mass is 262 g/mol. The average molecular weight is 262 g/mol. The molecule has 2 aromatic rings. The number of nitrogens with zero attached hydrogens (tertiary/aromatic N) is 3. The maximum absolute atomic E-state index is 4.52. The predicted molar refractivity (Wildman–Crippen MR) is 76.0 cm³/mol. The molecule has 0 saturated carbocycles. The topological polar surface area (TPSA) is 50.7 Å². The molecule has 0 fully saturated rings. The highest BCUT2D eigenvalue weighted by Gasteiger charge is 2.14. The van der Waals surface area contributed by atoms with E-state index in [0.29, 0.717) is 0 Å². The van der Waals surface area contributed by atoms with Gasteiger partial charge in [-0.1, -0.05) is 0 Å². The van der Waals surface area contributed by atoms with Crippen LogP contribution in [-0.4, -0.2) is 19.9 Å². The third-order valence-corrected chi connectivity index (χ3v) is 2.88. The Morgan fingerprint density at radius 1 is 1.06 bits per heavy atom. The van der Waals surface area contributed by atoms with Gasteiger partial charge in [-0.15, -0.1) is 0 Å². The van der Waals surface area contributed by atoms with Gasteiger partial charge in [0.2, 0.25) is 5.13 Å². The summed E-state index contributed by atoms with van der Waals surface area (Å²) in [6, 6.07) is 4.02. The standard InChI is InChI=1S/C13H18N4S/c1-8-6-10(7-9(2)14-8)11-15-12(18-17-11)16-13(3,4)5/h6-7H,1-5H3,(H,15,16,17). The minimum Gasteiger partial charge on any atom is -0.356 e. The van der Waals surface area contributed by atoms with Crippen LogP contribution >= 0.6 is 11.5 Å². The van der Waals surface area contributed by atoms with Crippen molar-refractivity contribution in [1.82, 2.24) is 14.3 Å². The Morgan fingerprint density at radius 3 is 2.22 bits per heavy atom. The molecular formula is C13H18N4S. The van der Waals surface area contributed by atoms with E-state index in [-0.39, 0.29) is 5.54 Å². The largest absolute Gasteiger partial charge is 0.356 e. The maximum Gasteiger partial charge on any atom is 0.203 e. The summed E-state index contributed by atoms with van der Waals surface area (Å²) in [5, 5.41) is 4.18. The van der Waals surface area contributed by atoms with Crippen LogP contribution in [0.5, 0.6) is 0 Å². The molecule has 0 amide bonds. The minimum atomic E-state index is 0.000873. The number of nitrogens with one attached hydrogen (secondary N) is 1. The molecule has 0 spiro atoms. The van der Waals surface area contributed by atoms with Crippen molar-refractivity contribution in [2.75, 3.05) is 5.32 Å². The molecule has 1 N–H and O–H groups in total. The van der Waals surface area contributed by atoms with Gasteiger partial charge >= 0.3 is 0 Å². The van der Waals surface area contributed by atoms with E-state index in [9.17, 15) is 0 Å². The smallest absolute Gasteiger partial charge is 0.203 e. The van der Waals surface area contributed by atoms with Crippen molar-refractivity contribution in [3.05, 3.63) is 23.5 Å². The number of hydrogen-bond donors (Lipinski definition) is 1. The number of pyridine rings is 1. The molecule has 96 valence electrons. The van der Waals surface area contributed by atoms with Crippen molar-refractivity contribution in [3.8, 4) is 11.4 Å². The van der Waals surface area contributed by atoms with Crippen LogP contribution < -0.4 is 5.32 Å². The molecule has 0 unspecified atom stereocenters. The van der Waals surface area contributed by atoms with Crippen LogP contribution in [0.15, 0.2) is 12.1 Å². The van der Waals surface area contributed by atoms with Gasteiger partial charge in [-0.25, -0.2) is 0 Å². The lowest BCUT2D eigenvalue weighted by Crippen LogP contribution is -2.25. The van der Waals surface area contributed by atoms with Crippen molar-refractivity contribution < 1.29 is 0 Å². The lowest BCUT2D eigenvalue weighted by atomic mass is 10.1. The zero-order chi connectivity index (χ0) is 13.3. The molecule has 4 nitrogen and oxygen atoms in total. The fraction of sp³-hybridized carbons (Fsp3) is 0.462. The van der Waals surface area contributed by atoms with E-state index in [4.69, 9.17) is 0 Å². The maximum atomic E-state index is 4.52.